The lowest BCUT2D eigenvalue weighted by Gasteiger charge is -2.21. The molecule has 0 aromatic heterocycles. The standard InChI is InChI=1S/C17H23NO5S/c1-4-24-9-8-22-16(21)18(15(19)20)11-13-7-5-6-12-10-17(2,3)23-14(12)13/h5-7H,4,8-11H2,1-3H3,(H,19,20). The largest absolute Gasteiger partial charge is 0.487 e. The number of benzene rings is 1. The minimum absolute atomic E-state index is 0.0889. The van der Waals surface area contributed by atoms with Gasteiger partial charge in [0.25, 0.3) is 0 Å². The van der Waals surface area contributed by atoms with Crippen molar-refractivity contribution in [3.8, 4) is 5.75 Å². The highest BCUT2D eigenvalue weighted by Gasteiger charge is 2.33. The summed E-state index contributed by atoms with van der Waals surface area (Å²) < 4.78 is 11.0. The summed E-state index contributed by atoms with van der Waals surface area (Å²) in [6, 6.07) is 5.58. The molecule has 0 unspecified atom stereocenters. The number of carbonyl (C=O) groups is 2. The summed E-state index contributed by atoms with van der Waals surface area (Å²) in [5.41, 5.74) is 1.36. The minimum Gasteiger partial charge on any atom is -0.487 e. The maximum Gasteiger partial charge on any atom is 0.419 e. The summed E-state index contributed by atoms with van der Waals surface area (Å²) in [5.74, 6) is 2.24. The molecule has 6 nitrogen and oxygen atoms in total. The van der Waals surface area contributed by atoms with E-state index in [9.17, 15) is 14.7 Å². The Morgan fingerprint density at radius 1 is 1.42 bits per heavy atom. The van der Waals surface area contributed by atoms with Gasteiger partial charge >= 0.3 is 12.2 Å². The van der Waals surface area contributed by atoms with Crippen LogP contribution in [0.4, 0.5) is 9.59 Å². The number of ether oxygens (including phenoxy) is 2. The van der Waals surface area contributed by atoms with Crippen LogP contribution in [-0.4, -0.2) is 45.9 Å². The van der Waals surface area contributed by atoms with Crippen molar-refractivity contribution < 1.29 is 24.2 Å². The number of carbonyl (C=O) groups excluding carboxylic acids is 1. The third kappa shape index (κ3) is 4.56. The third-order valence-electron chi connectivity index (χ3n) is 3.61. The fraction of sp³-hybridized carbons (Fsp3) is 0.529. The first-order chi connectivity index (χ1) is 11.3. The molecule has 1 heterocycles. The first-order valence-electron chi connectivity index (χ1n) is 7.89. The highest BCUT2D eigenvalue weighted by Crippen LogP contribution is 2.38. The van der Waals surface area contributed by atoms with E-state index in [2.05, 4.69) is 0 Å². The fourth-order valence-corrected chi connectivity index (χ4v) is 3.08. The summed E-state index contributed by atoms with van der Waals surface area (Å²) in [4.78, 5) is 24.2. The van der Waals surface area contributed by atoms with Crippen LogP contribution in [0.5, 0.6) is 5.75 Å². The van der Waals surface area contributed by atoms with E-state index < -0.39 is 12.2 Å². The number of hydrogen-bond acceptors (Lipinski definition) is 5. The van der Waals surface area contributed by atoms with Crippen LogP contribution in [0, 0.1) is 0 Å². The molecule has 7 heteroatoms. The number of carboxylic acid groups (broad SMARTS) is 1. The van der Waals surface area contributed by atoms with Crippen LogP contribution in [0.25, 0.3) is 0 Å². The number of imide groups is 1. The minimum atomic E-state index is -1.34. The number of nitrogens with zero attached hydrogens (tertiary/aromatic N) is 1. The van der Waals surface area contributed by atoms with Gasteiger partial charge in [-0.25, -0.2) is 14.5 Å². The van der Waals surface area contributed by atoms with Crippen LogP contribution in [0.1, 0.15) is 31.9 Å². The average Bonchev–Trinajstić information content (AvgIpc) is 2.83. The normalized spacial score (nSPS) is 14.6. The van der Waals surface area contributed by atoms with Gasteiger partial charge in [0.05, 0.1) is 6.54 Å². The van der Waals surface area contributed by atoms with Gasteiger partial charge in [0, 0.05) is 17.7 Å². The Morgan fingerprint density at radius 3 is 2.83 bits per heavy atom. The molecule has 24 heavy (non-hydrogen) atoms. The Hall–Kier alpha value is -1.89. The van der Waals surface area contributed by atoms with E-state index in [0.29, 0.717) is 22.0 Å². The lowest BCUT2D eigenvalue weighted by atomic mass is 10.0. The predicted octanol–water partition coefficient (Wildman–Crippen LogP) is 3.77. The molecule has 0 fully saturated rings. The zero-order chi connectivity index (χ0) is 17.7. The molecule has 1 aliphatic heterocycles. The summed E-state index contributed by atoms with van der Waals surface area (Å²) in [5, 5.41) is 9.34. The van der Waals surface area contributed by atoms with Crippen LogP contribution < -0.4 is 4.74 Å². The molecule has 0 radical (unpaired) electrons. The Morgan fingerprint density at radius 2 is 2.17 bits per heavy atom. The van der Waals surface area contributed by atoms with E-state index in [1.54, 1.807) is 17.8 Å². The van der Waals surface area contributed by atoms with Crippen LogP contribution in [0.3, 0.4) is 0 Å². The summed E-state index contributed by atoms with van der Waals surface area (Å²) in [7, 11) is 0. The second-order valence-electron chi connectivity index (χ2n) is 6.12. The lowest BCUT2D eigenvalue weighted by molar-refractivity contribution is 0.0951. The topological polar surface area (TPSA) is 76.1 Å². The zero-order valence-electron chi connectivity index (χ0n) is 14.2. The van der Waals surface area contributed by atoms with Gasteiger partial charge in [0.15, 0.2) is 0 Å². The maximum absolute atomic E-state index is 12.1. The molecule has 1 aliphatic rings. The van der Waals surface area contributed by atoms with Crippen molar-refractivity contribution in [3.63, 3.8) is 0 Å². The van der Waals surface area contributed by atoms with Gasteiger partial charge in [-0.15, -0.1) is 0 Å². The molecule has 1 aromatic rings. The zero-order valence-corrected chi connectivity index (χ0v) is 15.0. The van der Waals surface area contributed by atoms with Gasteiger partial charge in [0.2, 0.25) is 0 Å². The fourth-order valence-electron chi connectivity index (χ4n) is 2.59. The molecule has 0 bridgehead atoms. The molecule has 2 rings (SSSR count). The van der Waals surface area contributed by atoms with Gasteiger partial charge in [0.1, 0.15) is 18.0 Å². The van der Waals surface area contributed by atoms with Gasteiger partial charge in [-0.2, -0.15) is 11.8 Å². The third-order valence-corrected chi connectivity index (χ3v) is 4.47. The number of amides is 2. The SMILES string of the molecule is CCSCCOC(=O)N(Cc1cccc2c1OC(C)(C)C2)C(=O)O. The Labute approximate surface area is 146 Å². The smallest absolute Gasteiger partial charge is 0.419 e. The molecule has 132 valence electrons. The molecule has 0 aliphatic carbocycles. The van der Waals surface area contributed by atoms with Crippen molar-refractivity contribution in [3.05, 3.63) is 29.3 Å². The average molecular weight is 353 g/mol. The van der Waals surface area contributed by atoms with Gasteiger partial charge < -0.3 is 14.6 Å². The van der Waals surface area contributed by atoms with Crippen molar-refractivity contribution in [2.75, 3.05) is 18.1 Å². The Bertz CT molecular complexity index is 617. The molecule has 1 N–H and O–H groups in total. The van der Waals surface area contributed by atoms with E-state index >= 15 is 0 Å². The number of fused-ring (bicyclic) bond motifs is 1. The first-order valence-corrected chi connectivity index (χ1v) is 9.04. The second kappa shape index (κ2) is 7.79. The molecule has 0 saturated carbocycles. The predicted molar refractivity (Wildman–Crippen MR) is 92.8 cm³/mol. The lowest BCUT2D eigenvalue weighted by Crippen LogP contribution is -2.36. The van der Waals surface area contributed by atoms with Gasteiger partial charge in [-0.05, 0) is 25.2 Å². The van der Waals surface area contributed by atoms with Gasteiger partial charge in [-0.1, -0.05) is 25.1 Å². The molecule has 1 aromatic carbocycles. The number of rotatable bonds is 6. The van der Waals surface area contributed by atoms with E-state index in [1.165, 1.54) is 0 Å². The van der Waals surface area contributed by atoms with Crippen LogP contribution in [0.2, 0.25) is 0 Å². The van der Waals surface area contributed by atoms with Crippen LogP contribution in [0.15, 0.2) is 18.2 Å². The quantitative estimate of drug-likeness (QED) is 0.785. The van der Waals surface area contributed by atoms with Crippen molar-refractivity contribution in [2.24, 2.45) is 0 Å². The van der Waals surface area contributed by atoms with E-state index in [-0.39, 0.29) is 18.8 Å². The first kappa shape index (κ1) is 18.4. The molecular weight excluding hydrogens is 330 g/mol. The van der Waals surface area contributed by atoms with Crippen molar-refractivity contribution in [1.29, 1.82) is 0 Å². The monoisotopic (exact) mass is 353 g/mol. The van der Waals surface area contributed by atoms with Crippen molar-refractivity contribution >= 4 is 23.9 Å². The summed E-state index contributed by atoms with van der Waals surface area (Å²) in [6.07, 6.45) is -1.44. The van der Waals surface area contributed by atoms with E-state index in [4.69, 9.17) is 9.47 Å². The van der Waals surface area contributed by atoms with Crippen molar-refractivity contribution in [2.45, 2.75) is 39.3 Å². The highest BCUT2D eigenvalue weighted by molar-refractivity contribution is 7.99. The summed E-state index contributed by atoms with van der Waals surface area (Å²) >= 11 is 1.63. The van der Waals surface area contributed by atoms with Crippen LogP contribution in [-0.2, 0) is 17.7 Å². The number of para-hydroxylation sites is 1. The molecule has 0 saturated heterocycles. The van der Waals surface area contributed by atoms with Crippen LogP contribution >= 0.6 is 11.8 Å². The highest BCUT2D eigenvalue weighted by atomic mass is 32.2. The Kier molecular flexibility index (Phi) is 5.99. The molecule has 0 atom stereocenters. The number of hydrogen-bond donors (Lipinski definition) is 1. The van der Waals surface area contributed by atoms with Gasteiger partial charge in [-0.3, -0.25) is 0 Å². The second-order valence-corrected chi connectivity index (χ2v) is 7.52. The van der Waals surface area contributed by atoms with E-state index in [1.807, 2.05) is 32.9 Å². The molecule has 2 amide bonds. The Balaban J connectivity index is 2.08. The van der Waals surface area contributed by atoms with E-state index in [0.717, 1.165) is 17.7 Å². The molecule has 0 spiro atoms. The number of thioether (sulfide) groups is 1. The maximum atomic E-state index is 12.1. The summed E-state index contributed by atoms with van der Waals surface area (Å²) in [6.45, 7) is 6.07. The molecular formula is C17H23NO5S. The van der Waals surface area contributed by atoms with Crippen molar-refractivity contribution in [1.82, 2.24) is 4.90 Å².